The molecule has 1 heterocycles. The summed E-state index contributed by atoms with van der Waals surface area (Å²) < 4.78 is 3.20. The van der Waals surface area contributed by atoms with Gasteiger partial charge in [0.2, 0.25) is 0 Å². The molecule has 15 heavy (non-hydrogen) atoms. The fourth-order valence-electron chi connectivity index (χ4n) is 2.14. The first-order valence-corrected chi connectivity index (χ1v) is 6.76. The molecule has 0 saturated heterocycles. The summed E-state index contributed by atoms with van der Waals surface area (Å²) in [5, 5.41) is 5.58. The van der Waals surface area contributed by atoms with Gasteiger partial charge in [-0.15, -0.1) is 0 Å². The van der Waals surface area contributed by atoms with E-state index in [1.165, 1.54) is 21.5 Å². The van der Waals surface area contributed by atoms with Crippen LogP contribution in [0.3, 0.4) is 0 Å². The van der Waals surface area contributed by atoms with E-state index < -0.39 is 0 Å². The third kappa shape index (κ3) is 1.08. The maximum atomic E-state index is 2.35. The van der Waals surface area contributed by atoms with Crippen molar-refractivity contribution in [1.82, 2.24) is 0 Å². The van der Waals surface area contributed by atoms with Crippen molar-refractivity contribution in [3.8, 4) is 0 Å². The molecule has 1 aliphatic rings. The van der Waals surface area contributed by atoms with Crippen LogP contribution in [0.5, 0.6) is 0 Å². The van der Waals surface area contributed by atoms with Crippen LogP contribution < -0.4 is 8.92 Å². The van der Waals surface area contributed by atoms with Gasteiger partial charge in [-0.2, -0.15) is 0 Å². The van der Waals surface area contributed by atoms with Crippen LogP contribution >= 0.6 is 0 Å². The van der Waals surface area contributed by atoms with Crippen LogP contribution in [0.15, 0.2) is 48.5 Å². The topological polar surface area (TPSA) is 0 Å². The summed E-state index contributed by atoms with van der Waals surface area (Å²) >= 11 is 0.671. The molecule has 0 radical (unpaired) electrons. The van der Waals surface area contributed by atoms with Crippen molar-refractivity contribution in [1.29, 1.82) is 0 Å². The number of fused-ring (bicyclic) bond motifs is 4. The molecule has 0 bridgehead atoms. The molecule has 3 aromatic carbocycles. The Labute approximate surface area is 94.1 Å². The van der Waals surface area contributed by atoms with E-state index in [-0.39, 0.29) is 0 Å². The van der Waals surface area contributed by atoms with E-state index in [2.05, 4.69) is 48.5 Å². The zero-order valence-corrected chi connectivity index (χ0v) is 9.74. The van der Waals surface area contributed by atoms with Gasteiger partial charge in [0.05, 0.1) is 0 Å². The molecule has 0 amide bonds. The van der Waals surface area contributed by atoms with Gasteiger partial charge in [0.15, 0.2) is 0 Å². The predicted molar refractivity (Wildman–Crippen MR) is 66.5 cm³/mol. The third-order valence-electron chi connectivity index (χ3n) is 2.97. The van der Waals surface area contributed by atoms with Gasteiger partial charge in [0, 0.05) is 0 Å². The third-order valence-corrected chi connectivity index (χ3v) is 5.07. The molecule has 0 unspecified atom stereocenters. The molecular weight excluding hydrogens is 247 g/mol. The van der Waals surface area contributed by atoms with Gasteiger partial charge < -0.3 is 0 Å². The molecule has 1 aliphatic heterocycles. The Balaban J connectivity index is 2.25. The SMILES string of the molecule is c1ccc2cc3c4c(ccc3cc2c1)[Se]4. The van der Waals surface area contributed by atoms with Crippen LogP contribution in [0.2, 0.25) is 0 Å². The van der Waals surface area contributed by atoms with Crippen LogP contribution in [0, 0.1) is 0 Å². The van der Waals surface area contributed by atoms with Crippen LogP contribution in [0.1, 0.15) is 0 Å². The zero-order valence-electron chi connectivity index (χ0n) is 8.03. The zero-order chi connectivity index (χ0) is 9.83. The fourth-order valence-corrected chi connectivity index (χ4v) is 3.75. The maximum absolute atomic E-state index is 2.35. The molecule has 0 spiro atoms. The van der Waals surface area contributed by atoms with E-state index in [9.17, 15) is 0 Å². The molecule has 3 aromatic rings. The van der Waals surface area contributed by atoms with Gasteiger partial charge in [0.25, 0.3) is 0 Å². The Morgan fingerprint density at radius 2 is 1.53 bits per heavy atom. The van der Waals surface area contributed by atoms with E-state index in [0.717, 1.165) is 0 Å². The van der Waals surface area contributed by atoms with Crippen LogP contribution in [-0.4, -0.2) is 15.0 Å². The molecule has 0 fully saturated rings. The summed E-state index contributed by atoms with van der Waals surface area (Å²) in [6, 6.07) is 17.8. The second-order valence-corrected chi connectivity index (χ2v) is 6.12. The molecule has 0 saturated carbocycles. The Morgan fingerprint density at radius 1 is 0.733 bits per heavy atom. The number of rotatable bonds is 0. The van der Waals surface area contributed by atoms with Crippen molar-refractivity contribution >= 4 is 45.4 Å². The van der Waals surface area contributed by atoms with Crippen LogP contribution in [0.4, 0.5) is 0 Å². The first-order chi connectivity index (χ1) is 7.42. The Kier molecular flexibility index (Phi) is 1.39. The van der Waals surface area contributed by atoms with Crippen LogP contribution in [-0.2, 0) is 0 Å². The molecule has 0 aromatic heterocycles. The number of benzene rings is 3. The molecule has 4 rings (SSSR count). The minimum absolute atomic E-state index is 0.671. The minimum atomic E-state index is 0.671. The molecule has 0 nitrogen and oxygen atoms in total. The van der Waals surface area contributed by atoms with Gasteiger partial charge >= 0.3 is 94.0 Å². The molecular formula is C14H8Se. The van der Waals surface area contributed by atoms with E-state index >= 15 is 0 Å². The monoisotopic (exact) mass is 256 g/mol. The van der Waals surface area contributed by atoms with Crippen molar-refractivity contribution in [3.63, 3.8) is 0 Å². The molecule has 0 N–H and O–H groups in total. The number of hydrogen-bond acceptors (Lipinski definition) is 0. The van der Waals surface area contributed by atoms with Gasteiger partial charge in [0.1, 0.15) is 0 Å². The first-order valence-electron chi connectivity index (χ1n) is 5.05. The number of hydrogen-bond donors (Lipinski definition) is 0. The average Bonchev–Trinajstić information content (AvgIpc) is 3.06. The Hall–Kier alpha value is -1.30. The summed E-state index contributed by atoms with van der Waals surface area (Å²) in [4.78, 5) is 0. The fraction of sp³-hybridized carbons (Fsp3) is 0. The van der Waals surface area contributed by atoms with E-state index in [0.29, 0.717) is 15.0 Å². The van der Waals surface area contributed by atoms with Crippen molar-refractivity contribution in [2.75, 3.05) is 0 Å². The van der Waals surface area contributed by atoms with Crippen molar-refractivity contribution < 1.29 is 0 Å². The van der Waals surface area contributed by atoms with Gasteiger partial charge in [-0.05, 0) is 0 Å². The average molecular weight is 255 g/mol. The Morgan fingerprint density at radius 3 is 2.40 bits per heavy atom. The van der Waals surface area contributed by atoms with Gasteiger partial charge in [-0.25, -0.2) is 0 Å². The Bertz CT molecular complexity index is 698. The normalized spacial score (nSPS) is 13.1. The van der Waals surface area contributed by atoms with Crippen molar-refractivity contribution in [2.45, 2.75) is 0 Å². The van der Waals surface area contributed by atoms with E-state index in [1.54, 1.807) is 8.92 Å². The van der Waals surface area contributed by atoms with Gasteiger partial charge in [-0.1, -0.05) is 0 Å². The quantitative estimate of drug-likeness (QED) is 0.333. The first kappa shape index (κ1) is 7.92. The second kappa shape index (κ2) is 2.63. The summed E-state index contributed by atoms with van der Waals surface area (Å²) in [5.41, 5.74) is 0. The van der Waals surface area contributed by atoms with E-state index in [1.807, 2.05) is 0 Å². The standard InChI is InChI=1S/C14H8Se/c1-2-4-10-8-12-11(7-9(10)3-1)5-6-13-14(12)15-13/h1-8H. The summed E-state index contributed by atoms with van der Waals surface area (Å²) in [7, 11) is 0. The summed E-state index contributed by atoms with van der Waals surface area (Å²) in [5.74, 6) is 0. The molecule has 1 heteroatoms. The van der Waals surface area contributed by atoms with Crippen molar-refractivity contribution in [2.24, 2.45) is 0 Å². The molecule has 0 aliphatic carbocycles. The summed E-state index contributed by atoms with van der Waals surface area (Å²) in [6.07, 6.45) is 0. The van der Waals surface area contributed by atoms with Crippen LogP contribution in [0.25, 0.3) is 21.5 Å². The van der Waals surface area contributed by atoms with Gasteiger partial charge in [-0.3, -0.25) is 0 Å². The predicted octanol–water partition coefficient (Wildman–Crippen LogP) is 1.96. The van der Waals surface area contributed by atoms with Crippen molar-refractivity contribution in [3.05, 3.63) is 48.5 Å². The molecule has 0 atom stereocenters. The second-order valence-electron chi connectivity index (χ2n) is 3.92. The van der Waals surface area contributed by atoms with E-state index in [4.69, 9.17) is 0 Å². The molecule has 70 valence electrons. The summed E-state index contributed by atoms with van der Waals surface area (Å²) in [6.45, 7) is 0.